The van der Waals surface area contributed by atoms with Crippen molar-refractivity contribution in [3.8, 4) is 5.75 Å². The molecule has 10 N–H and O–H groups in total. The van der Waals surface area contributed by atoms with Gasteiger partial charge in [-0.05, 0) is 58.2 Å². The first-order valence-corrected chi connectivity index (χ1v) is 21.8. The number of aromatic hydroxyl groups is 1. The van der Waals surface area contributed by atoms with Crippen LogP contribution in [0.1, 0.15) is 55.5 Å². The molecule has 1 aliphatic rings. The van der Waals surface area contributed by atoms with Gasteiger partial charge in [0.1, 0.15) is 36.0 Å². The molecule has 65 heavy (non-hydrogen) atoms. The van der Waals surface area contributed by atoms with Crippen molar-refractivity contribution in [1.82, 2.24) is 31.5 Å². The van der Waals surface area contributed by atoms with Gasteiger partial charge < -0.3 is 48.1 Å². The van der Waals surface area contributed by atoms with Crippen LogP contribution in [-0.2, 0) is 65.8 Å². The van der Waals surface area contributed by atoms with Gasteiger partial charge in [0.2, 0.25) is 41.4 Å². The van der Waals surface area contributed by atoms with Crippen molar-refractivity contribution in [2.45, 2.75) is 96.2 Å². The molecule has 0 radical (unpaired) electrons. The van der Waals surface area contributed by atoms with Crippen molar-refractivity contribution >= 4 is 41.4 Å². The summed E-state index contributed by atoms with van der Waals surface area (Å²) in [4.78, 5) is 97.1. The van der Waals surface area contributed by atoms with Crippen LogP contribution in [0.25, 0.3) is 0 Å². The van der Waals surface area contributed by atoms with Crippen molar-refractivity contribution in [3.63, 3.8) is 0 Å². The van der Waals surface area contributed by atoms with Gasteiger partial charge in [0, 0.05) is 25.8 Å². The molecule has 4 aromatic carbocycles. The molecule has 16 heteroatoms. The van der Waals surface area contributed by atoms with Gasteiger partial charge in [-0.15, -0.1) is 0 Å². The van der Waals surface area contributed by atoms with E-state index >= 15 is 0 Å². The summed E-state index contributed by atoms with van der Waals surface area (Å²) in [7, 11) is 0. The Hall–Kier alpha value is -7.07. The average molecular weight is 889 g/mol. The Kier molecular flexibility index (Phi) is 17.3. The van der Waals surface area contributed by atoms with Crippen LogP contribution < -0.4 is 38.1 Å². The molecule has 344 valence electrons. The number of carbonyl (C=O) groups is 7. The standard InChI is InChI=1S/C49H60N8O8/c1-29(2)42(47(63)52-27-41(51)59)56-48(64)43(30(3)4)55-45(61)39(25-32-15-9-6-10-16-32)53-44(60)38(24-31-13-7-5-8-14-31)54-46(62)40-26-34-17-11-12-18-35(34)28-57(40)49(65)37(50)23-33-19-21-36(58)22-20-33/h5-22,29-30,37-40,42-43,58H,23-28,50H2,1-4H3,(H2,51,59)(H,52,63)(H,53,60)(H,54,62)(H,55,61)(H,56,64)/t37-,38-,39-,40-,42-,43-/m0/s1. The monoisotopic (exact) mass is 888 g/mol. The minimum atomic E-state index is -1.24. The van der Waals surface area contributed by atoms with Gasteiger partial charge in [-0.1, -0.05) is 125 Å². The Labute approximate surface area is 379 Å². The number of hydrogen-bond donors (Lipinski definition) is 8. The fraction of sp³-hybridized carbons (Fsp3) is 0.367. The van der Waals surface area contributed by atoms with Crippen LogP contribution in [0.3, 0.4) is 0 Å². The number of nitrogens with one attached hydrogen (secondary N) is 5. The number of phenolic OH excluding ortho intramolecular Hbond substituents is 1. The number of nitrogens with zero attached hydrogens (tertiary/aromatic N) is 1. The summed E-state index contributed by atoms with van der Waals surface area (Å²) in [6.45, 7) is 6.55. The first-order valence-electron chi connectivity index (χ1n) is 21.8. The number of benzene rings is 4. The van der Waals surface area contributed by atoms with Crippen LogP contribution in [0.5, 0.6) is 5.75 Å². The van der Waals surface area contributed by atoms with Gasteiger partial charge in [0.15, 0.2) is 0 Å². The van der Waals surface area contributed by atoms with Crippen molar-refractivity contribution < 1.29 is 38.7 Å². The van der Waals surface area contributed by atoms with E-state index in [-0.39, 0.29) is 38.0 Å². The third kappa shape index (κ3) is 14.0. The molecule has 6 atom stereocenters. The molecule has 16 nitrogen and oxygen atoms in total. The number of primary amides is 1. The molecule has 0 aliphatic carbocycles. The highest BCUT2D eigenvalue weighted by molar-refractivity contribution is 5.97. The van der Waals surface area contributed by atoms with Gasteiger partial charge >= 0.3 is 0 Å². The van der Waals surface area contributed by atoms with Gasteiger partial charge in [-0.2, -0.15) is 0 Å². The number of hydrogen-bond acceptors (Lipinski definition) is 9. The summed E-state index contributed by atoms with van der Waals surface area (Å²) in [5, 5.41) is 23.4. The van der Waals surface area contributed by atoms with Crippen LogP contribution in [0.2, 0.25) is 0 Å². The Morgan fingerprint density at radius 2 is 1.08 bits per heavy atom. The van der Waals surface area contributed by atoms with Crippen LogP contribution >= 0.6 is 0 Å². The maximum atomic E-state index is 14.6. The SMILES string of the molecule is CC(C)[C@H](NC(=O)[C@H](Cc1ccccc1)NC(=O)[C@H](Cc1ccccc1)NC(=O)[C@@H]1Cc2ccccc2CN1C(=O)[C@@H](N)Cc1ccc(O)cc1)C(=O)N[C@H](C(=O)NCC(N)=O)C(C)C. The lowest BCUT2D eigenvalue weighted by Crippen LogP contribution is -2.62. The van der Waals surface area contributed by atoms with E-state index < -0.39 is 96.0 Å². The first kappa shape index (κ1) is 49.0. The zero-order chi connectivity index (χ0) is 47.2. The van der Waals surface area contributed by atoms with Crippen molar-refractivity contribution in [2.24, 2.45) is 23.3 Å². The van der Waals surface area contributed by atoms with Gasteiger partial charge in [0.05, 0.1) is 12.6 Å². The highest BCUT2D eigenvalue weighted by Gasteiger charge is 2.39. The second-order valence-electron chi connectivity index (χ2n) is 17.1. The Morgan fingerprint density at radius 3 is 1.63 bits per heavy atom. The lowest BCUT2D eigenvalue weighted by Gasteiger charge is -2.38. The Morgan fingerprint density at radius 1 is 0.600 bits per heavy atom. The molecule has 4 aromatic rings. The number of amides is 7. The van der Waals surface area contributed by atoms with Crippen molar-refractivity contribution in [1.29, 1.82) is 0 Å². The predicted octanol–water partition coefficient (Wildman–Crippen LogP) is 1.55. The topological polar surface area (TPSA) is 255 Å². The highest BCUT2D eigenvalue weighted by atomic mass is 16.3. The van der Waals surface area contributed by atoms with Gasteiger partial charge in [-0.25, -0.2) is 0 Å². The molecule has 0 fully saturated rings. The zero-order valence-electron chi connectivity index (χ0n) is 37.2. The minimum absolute atomic E-state index is 0.0155. The van der Waals surface area contributed by atoms with E-state index in [9.17, 15) is 38.7 Å². The number of fused-ring (bicyclic) bond motifs is 1. The molecule has 0 spiro atoms. The molecule has 0 aromatic heterocycles. The fourth-order valence-electron chi connectivity index (χ4n) is 7.68. The van der Waals surface area contributed by atoms with E-state index in [1.807, 2.05) is 36.4 Å². The van der Waals surface area contributed by atoms with Crippen LogP contribution in [0, 0.1) is 11.8 Å². The number of carbonyl (C=O) groups excluding carboxylic acids is 7. The largest absolute Gasteiger partial charge is 0.508 e. The molecule has 1 aliphatic heterocycles. The smallest absolute Gasteiger partial charge is 0.243 e. The van der Waals surface area contributed by atoms with Gasteiger partial charge in [-0.3, -0.25) is 33.6 Å². The number of nitrogens with two attached hydrogens (primary N) is 2. The lowest BCUT2D eigenvalue weighted by atomic mass is 9.92. The molecule has 7 amide bonds. The highest BCUT2D eigenvalue weighted by Crippen LogP contribution is 2.25. The first-order chi connectivity index (χ1) is 31.0. The van der Waals surface area contributed by atoms with E-state index in [1.54, 1.807) is 88.4 Å². The second-order valence-corrected chi connectivity index (χ2v) is 17.1. The Bertz CT molecular complexity index is 2290. The lowest BCUT2D eigenvalue weighted by molar-refractivity contribution is -0.143. The van der Waals surface area contributed by atoms with Gasteiger partial charge in [0.25, 0.3) is 0 Å². The number of phenols is 1. The zero-order valence-corrected chi connectivity index (χ0v) is 37.2. The van der Waals surface area contributed by atoms with Crippen LogP contribution in [-0.4, -0.2) is 94.2 Å². The van der Waals surface area contributed by atoms with E-state index in [0.717, 1.165) is 16.7 Å². The predicted molar refractivity (Wildman–Crippen MR) is 244 cm³/mol. The summed E-state index contributed by atoms with van der Waals surface area (Å²) >= 11 is 0. The van der Waals surface area contributed by atoms with Crippen molar-refractivity contribution in [3.05, 3.63) is 137 Å². The molecule has 0 saturated heterocycles. The second kappa shape index (κ2) is 23.0. The summed E-state index contributed by atoms with van der Waals surface area (Å²) in [6.07, 6.45) is 0.351. The summed E-state index contributed by atoms with van der Waals surface area (Å²) < 4.78 is 0. The maximum absolute atomic E-state index is 14.6. The molecule has 0 saturated carbocycles. The number of rotatable bonds is 20. The molecule has 1 heterocycles. The van der Waals surface area contributed by atoms with E-state index in [4.69, 9.17) is 11.5 Å². The molecule has 5 rings (SSSR count). The summed E-state index contributed by atoms with van der Waals surface area (Å²) in [5.74, 6) is -5.27. The maximum Gasteiger partial charge on any atom is 0.243 e. The minimum Gasteiger partial charge on any atom is -0.508 e. The van der Waals surface area contributed by atoms with E-state index in [1.165, 1.54) is 17.0 Å². The Balaban J connectivity index is 1.41. The average Bonchev–Trinajstić information content (AvgIpc) is 3.28. The fourth-order valence-corrected chi connectivity index (χ4v) is 7.68. The van der Waals surface area contributed by atoms with Crippen LogP contribution in [0.15, 0.2) is 109 Å². The van der Waals surface area contributed by atoms with Crippen molar-refractivity contribution in [2.75, 3.05) is 6.54 Å². The molecular weight excluding hydrogens is 829 g/mol. The summed E-state index contributed by atoms with van der Waals surface area (Å²) in [6, 6.07) is 25.1. The van der Waals surface area contributed by atoms with E-state index in [2.05, 4.69) is 26.6 Å². The molecule has 0 unspecified atom stereocenters. The normalized spacial score (nSPS) is 15.6. The van der Waals surface area contributed by atoms with E-state index in [0.29, 0.717) is 11.1 Å². The molecular formula is C49H60N8O8. The molecule has 0 bridgehead atoms. The van der Waals surface area contributed by atoms with Crippen LogP contribution in [0.4, 0.5) is 0 Å². The summed E-state index contributed by atoms with van der Waals surface area (Å²) in [5.41, 5.74) is 15.6. The third-order valence-electron chi connectivity index (χ3n) is 11.3. The quantitative estimate of drug-likeness (QED) is 0.0640. The third-order valence-corrected chi connectivity index (χ3v) is 11.3.